The van der Waals surface area contributed by atoms with Crippen LogP contribution < -0.4 is 5.32 Å². The summed E-state index contributed by atoms with van der Waals surface area (Å²) in [6.07, 6.45) is 4.60. The number of rotatable bonds is 5. The van der Waals surface area contributed by atoms with Crippen molar-refractivity contribution in [1.29, 1.82) is 0 Å². The van der Waals surface area contributed by atoms with Gasteiger partial charge in [0.15, 0.2) is 0 Å². The molecule has 1 aliphatic rings. The average molecular weight is 312 g/mol. The molecule has 2 atom stereocenters. The van der Waals surface area contributed by atoms with E-state index in [0.29, 0.717) is 22.3 Å². The third-order valence-corrected chi connectivity index (χ3v) is 5.19. The molecule has 0 spiro atoms. The lowest BCUT2D eigenvalue weighted by molar-refractivity contribution is 0.116. The van der Waals surface area contributed by atoms with Gasteiger partial charge in [-0.2, -0.15) is 0 Å². The van der Waals surface area contributed by atoms with E-state index < -0.39 is 0 Å². The highest BCUT2D eigenvalue weighted by Gasteiger charge is 2.34. The van der Waals surface area contributed by atoms with E-state index in [0.717, 1.165) is 25.1 Å². The summed E-state index contributed by atoms with van der Waals surface area (Å²) in [7, 11) is 0. The van der Waals surface area contributed by atoms with E-state index in [4.69, 9.17) is 11.6 Å². The maximum atomic E-state index is 13.5. The van der Waals surface area contributed by atoms with Crippen LogP contribution in [0, 0.1) is 23.1 Å². The molecule has 1 aliphatic carbocycles. The minimum absolute atomic E-state index is 0.187. The van der Waals surface area contributed by atoms with Crippen molar-refractivity contribution in [3.63, 3.8) is 0 Å². The lowest BCUT2D eigenvalue weighted by Gasteiger charge is -2.41. The second-order valence-electron chi connectivity index (χ2n) is 7.17. The van der Waals surface area contributed by atoms with Gasteiger partial charge in [-0.1, -0.05) is 32.4 Å². The molecule has 0 amide bonds. The second-order valence-corrected chi connectivity index (χ2v) is 7.58. The van der Waals surface area contributed by atoms with Crippen molar-refractivity contribution in [3.05, 3.63) is 34.6 Å². The second kappa shape index (κ2) is 7.11. The van der Waals surface area contributed by atoms with E-state index in [9.17, 15) is 4.39 Å². The molecule has 0 saturated heterocycles. The first-order chi connectivity index (χ1) is 9.91. The zero-order chi connectivity index (χ0) is 15.5. The molecule has 1 saturated carbocycles. The topological polar surface area (TPSA) is 12.0 Å². The van der Waals surface area contributed by atoms with Crippen LogP contribution in [0.15, 0.2) is 18.2 Å². The van der Waals surface area contributed by atoms with Crippen LogP contribution in [-0.4, -0.2) is 13.1 Å². The largest absolute Gasteiger partial charge is 0.317 e. The third-order valence-electron chi connectivity index (χ3n) is 4.82. The first-order valence-corrected chi connectivity index (χ1v) is 8.44. The molecule has 1 aromatic rings. The van der Waals surface area contributed by atoms with Crippen molar-refractivity contribution in [2.45, 2.75) is 46.5 Å². The molecule has 1 nitrogen and oxygen atoms in total. The average Bonchev–Trinajstić information content (AvgIpc) is 2.41. The van der Waals surface area contributed by atoms with E-state index in [1.165, 1.54) is 25.3 Å². The SMILES string of the molecule is CCNCC1CCC(C)(C)CC1Cc1cc(F)ccc1Cl. The fourth-order valence-electron chi connectivity index (χ4n) is 3.61. The van der Waals surface area contributed by atoms with Gasteiger partial charge in [0, 0.05) is 5.02 Å². The standard InChI is InChI=1S/C18H27ClFN/c1-4-21-12-13-7-8-18(2,3)11-15(13)9-14-10-16(20)5-6-17(14)19/h5-6,10,13,15,21H,4,7-9,11-12H2,1-3H3. The zero-order valence-electron chi connectivity index (χ0n) is 13.4. The maximum Gasteiger partial charge on any atom is 0.123 e. The Morgan fingerprint density at radius 2 is 2.10 bits per heavy atom. The van der Waals surface area contributed by atoms with Gasteiger partial charge in [0.2, 0.25) is 0 Å². The van der Waals surface area contributed by atoms with Crippen LogP contribution in [-0.2, 0) is 6.42 Å². The molecule has 0 bridgehead atoms. The van der Waals surface area contributed by atoms with Gasteiger partial charge >= 0.3 is 0 Å². The van der Waals surface area contributed by atoms with Crippen molar-refractivity contribution >= 4 is 11.6 Å². The molecule has 0 heterocycles. The maximum absolute atomic E-state index is 13.5. The van der Waals surface area contributed by atoms with Gasteiger partial charge in [0.25, 0.3) is 0 Å². The van der Waals surface area contributed by atoms with Crippen molar-refractivity contribution in [1.82, 2.24) is 5.32 Å². The summed E-state index contributed by atoms with van der Waals surface area (Å²) in [6, 6.07) is 4.72. The summed E-state index contributed by atoms with van der Waals surface area (Å²) in [5.41, 5.74) is 1.34. The van der Waals surface area contributed by atoms with Crippen molar-refractivity contribution in [3.8, 4) is 0 Å². The van der Waals surface area contributed by atoms with Crippen LogP contribution in [0.3, 0.4) is 0 Å². The third kappa shape index (κ3) is 4.69. The molecule has 0 radical (unpaired) electrons. The normalized spacial score (nSPS) is 25.0. The summed E-state index contributed by atoms with van der Waals surface area (Å²) < 4.78 is 13.5. The first kappa shape index (κ1) is 16.8. The van der Waals surface area contributed by atoms with Gasteiger partial charge in [-0.15, -0.1) is 0 Å². The quantitative estimate of drug-likeness (QED) is 0.800. The summed E-state index contributed by atoms with van der Waals surface area (Å²) in [6.45, 7) is 8.90. The molecular weight excluding hydrogens is 285 g/mol. The van der Waals surface area contributed by atoms with Crippen LogP contribution in [0.5, 0.6) is 0 Å². The Hall–Kier alpha value is -0.600. The van der Waals surface area contributed by atoms with Crippen LogP contribution in [0.1, 0.15) is 45.6 Å². The van der Waals surface area contributed by atoms with Crippen molar-refractivity contribution in [2.24, 2.45) is 17.3 Å². The van der Waals surface area contributed by atoms with E-state index in [1.54, 1.807) is 12.1 Å². The summed E-state index contributed by atoms with van der Waals surface area (Å²) in [5, 5.41) is 4.18. The van der Waals surface area contributed by atoms with E-state index >= 15 is 0 Å². The minimum Gasteiger partial charge on any atom is -0.317 e. The molecule has 1 fully saturated rings. The zero-order valence-corrected chi connectivity index (χ0v) is 14.1. The lowest BCUT2D eigenvalue weighted by atomic mass is 9.65. The van der Waals surface area contributed by atoms with Gasteiger partial charge in [-0.05, 0) is 79.8 Å². The molecule has 0 aliphatic heterocycles. The Bertz CT molecular complexity index is 472. The number of hydrogen-bond donors (Lipinski definition) is 1. The van der Waals surface area contributed by atoms with Crippen LogP contribution >= 0.6 is 11.6 Å². The smallest absolute Gasteiger partial charge is 0.123 e. The minimum atomic E-state index is -0.187. The predicted octanol–water partition coefficient (Wildman–Crippen LogP) is 5.07. The lowest BCUT2D eigenvalue weighted by Crippen LogP contribution is -2.37. The van der Waals surface area contributed by atoms with E-state index in [-0.39, 0.29) is 5.82 Å². The Morgan fingerprint density at radius 3 is 2.81 bits per heavy atom. The predicted molar refractivity (Wildman–Crippen MR) is 88.3 cm³/mol. The Balaban J connectivity index is 2.13. The molecular formula is C18H27ClFN. The molecule has 21 heavy (non-hydrogen) atoms. The number of benzene rings is 1. The molecule has 1 N–H and O–H groups in total. The summed E-state index contributed by atoms with van der Waals surface area (Å²) >= 11 is 6.26. The van der Waals surface area contributed by atoms with Gasteiger partial charge in [-0.3, -0.25) is 0 Å². The molecule has 118 valence electrons. The molecule has 2 rings (SSSR count). The van der Waals surface area contributed by atoms with Gasteiger partial charge < -0.3 is 5.32 Å². The first-order valence-electron chi connectivity index (χ1n) is 8.06. The van der Waals surface area contributed by atoms with Gasteiger partial charge in [0.05, 0.1) is 0 Å². The number of nitrogens with one attached hydrogen (secondary N) is 1. The highest BCUT2D eigenvalue weighted by Crippen LogP contribution is 2.43. The summed E-state index contributed by atoms with van der Waals surface area (Å²) in [4.78, 5) is 0. The molecule has 2 unspecified atom stereocenters. The van der Waals surface area contributed by atoms with E-state index in [2.05, 4.69) is 26.1 Å². The Labute approximate surface area is 133 Å². The molecule has 3 heteroatoms. The van der Waals surface area contributed by atoms with Gasteiger partial charge in [-0.25, -0.2) is 4.39 Å². The highest BCUT2D eigenvalue weighted by atomic mass is 35.5. The summed E-state index contributed by atoms with van der Waals surface area (Å²) in [5.74, 6) is 1.05. The number of hydrogen-bond acceptors (Lipinski definition) is 1. The fraction of sp³-hybridized carbons (Fsp3) is 0.667. The number of halogens is 2. The molecule has 1 aromatic carbocycles. The van der Waals surface area contributed by atoms with Crippen molar-refractivity contribution < 1.29 is 4.39 Å². The molecule has 0 aromatic heterocycles. The van der Waals surface area contributed by atoms with Crippen LogP contribution in [0.4, 0.5) is 4.39 Å². The van der Waals surface area contributed by atoms with Gasteiger partial charge in [0.1, 0.15) is 5.82 Å². The Morgan fingerprint density at radius 1 is 1.33 bits per heavy atom. The highest BCUT2D eigenvalue weighted by molar-refractivity contribution is 6.31. The Kier molecular flexibility index (Phi) is 5.67. The van der Waals surface area contributed by atoms with Crippen LogP contribution in [0.25, 0.3) is 0 Å². The fourth-order valence-corrected chi connectivity index (χ4v) is 3.80. The van der Waals surface area contributed by atoms with Crippen molar-refractivity contribution in [2.75, 3.05) is 13.1 Å². The van der Waals surface area contributed by atoms with E-state index in [1.807, 2.05) is 0 Å². The van der Waals surface area contributed by atoms with Crippen LogP contribution in [0.2, 0.25) is 5.02 Å². The monoisotopic (exact) mass is 311 g/mol.